The highest BCUT2D eigenvalue weighted by Gasteiger charge is 2.15. The van der Waals surface area contributed by atoms with E-state index >= 15 is 0 Å². The van der Waals surface area contributed by atoms with Crippen LogP contribution in [0.15, 0.2) is 97.1 Å². The zero-order valence-electron chi connectivity index (χ0n) is 16.9. The standard InChI is InChI=1S/C27H16ClN3S/c28-27-30-25(18-10-5-2-6-11-18)29-26(31-27)21-13-7-12-20-22-16-19(17-8-3-1-4-9-17)14-15-23(22)32-24(20)21/h1-16H. The summed E-state index contributed by atoms with van der Waals surface area (Å²) in [7, 11) is 0. The van der Waals surface area contributed by atoms with Crippen LogP contribution in [0.4, 0.5) is 0 Å². The summed E-state index contributed by atoms with van der Waals surface area (Å²) in [5.41, 5.74) is 4.29. The minimum absolute atomic E-state index is 0.193. The summed E-state index contributed by atoms with van der Waals surface area (Å²) in [4.78, 5) is 13.6. The lowest BCUT2D eigenvalue weighted by Gasteiger charge is -2.06. The molecule has 32 heavy (non-hydrogen) atoms. The van der Waals surface area contributed by atoms with Crippen molar-refractivity contribution in [3.05, 3.63) is 102 Å². The van der Waals surface area contributed by atoms with E-state index < -0.39 is 0 Å². The molecule has 0 radical (unpaired) electrons. The fourth-order valence-corrected chi connectivity index (χ4v) is 5.32. The summed E-state index contributed by atoms with van der Waals surface area (Å²) >= 11 is 8.06. The van der Waals surface area contributed by atoms with Crippen LogP contribution in [0.2, 0.25) is 5.28 Å². The van der Waals surface area contributed by atoms with Gasteiger partial charge in [-0.3, -0.25) is 0 Å². The zero-order valence-corrected chi connectivity index (χ0v) is 18.4. The van der Waals surface area contributed by atoms with Crippen molar-refractivity contribution in [3.8, 4) is 33.9 Å². The molecule has 0 atom stereocenters. The molecule has 0 fully saturated rings. The lowest BCUT2D eigenvalue weighted by atomic mass is 10.0. The SMILES string of the molecule is Clc1nc(-c2ccccc2)nc(-c2cccc3c2sc2ccc(-c4ccccc4)cc23)n1. The molecule has 0 bridgehead atoms. The second kappa shape index (κ2) is 7.83. The van der Waals surface area contributed by atoms with Gasteiger partial charge in [-0.15, -0.1) is 11.3 Å². The predicted molar refractivity (Wildman–Crippen MR) is 134 cm³/mol. The van der Waals surface area contributed by atoms with Crippen molar-refractivity contribution in [1.82, 2.24) is 15.0 Å². The summed E-state index contributed by atoms with van der Waals surface area (Å²) in [6.07, 6.45) is 0. The molecule has 3 nitrogen and oxygen atoms in total. The highest BCUT2D eigenvalue weighted by molar-refractivity contribution is 7.26. The molecule has 0 unspecified atom stereocenters. The Morgan fingerprint density at radius 2 is 1.28 bits per heavy atom. The minimum atomic E-state index is 0.193. The molecule has 0 aliphatic carbocycles. The first-order valence-electron chi connectivity index (χ1n) is 10.2. The Morgan fingerprint density at radius 3 is 2.06 bits per heavy atom. The first-order chi connectivity index (χ1) is 15.8. The molecule has 0 saturated heterocycles. The van der Waals surface area contributed by atoms with Crippen molar-refractivity contribution in [1.29, 1.82) is 0 Å². The van der Waals surface area contributed by atoms with E-state index in [0.29, 0.717) is 11.6 Å². The Morgan fingerprint density at radius 1 is 0.562 bits per heavy atom. The maximum absolute atomic E-state index is 6.31. The third-order valence-corrected chi connectivity index (χ3v) is 6.87. The van der Waals surface area contributed by atoms with Gasteiger partial charge in [0.1, 0.15) is 0 Å². The number of aromatic nitrogens is 3. The Labute approximate surface area is 194 Å². The van der Waals surface area contributed by atoms with E-state index in [2.05, 4.69) is 70.6 Å². The van der Waals surface area contributed by atoms with E-state index in [1.165, 1.54) is 26.6 Å². The van der Waals surface area contributed by atoms with Crippen molar-refractivity contribution in [2.24, 2.45) is 0 Å². The van der Waals surface area contributed by atoms with Crippen molar-refractivity contribution in [2.45, 2.75) is 0 Å². The van der Waals surface area contributed by atoms with Gasteiger partial charge in [0, 0.05) is 31.3 Å². The first-order valence-corrected chi connectivity index (χ1v) is 11.4. The number of benzene rings is 4. The molecule has 2 aromatic heterocycles. The summed E-state index contributed by atoms with van der Waals surface area (Å²) in [6.45, 7) is 0. The van der Waals surface area contributed by atoms with E-state index in [1.807, 2.05) is 36.4 Å². The molecular formula is C27H16ClN3S. The van der Waals surface area contributed by atoms with Crippen LogP contribution < -0.4 is 0 Å². The van der Waals surface area contributed by atoms with Crippen LogP contribution in [0.25, 0.3) is 54.1 Å². The van der Waals surface area contributed by atoms with Gasteiger partial charge in [0.25, 0.3) is 0 Å². The molecule has 0 spiro atoms. The molecule has 0 aliphatic heterocycles. The molecule has 0 saturated carbocycles. The van der Waals surface area contributed by atoms with Crippen LogP contribution in [0.3, 0.4) is 0 Å². The van der Waals surface area contributed by atoms with Gasteiger partial charge in [-0.1, -0.05) is 78.9 Å². The van der Waals surface area contributed by atoms with Crippen LogP contribution in [-0.2, 0) is 0 Å². The van der Waals surface area contributed by atoms with Gasteiger partial charge in [-0.2, -0.15) is 9.97 Å². The van der Waals surface area contributed by atoms with E-state index in [-0.39, 0.29) is 5.28 Å². The number of fused-ring (bicyclic) bond motifs is 3. The van der Waals surface area contributed by atoms with Crippen LogP contribution >= 0.6 is 22.9 Å². The fraction of sp³-hybridized carbons (Fsp3) is 0. The molecular weight excluding hydrogens is 434 g/mol. The highest BCUT2D eigenvalue weighted by Crippen LogP contribution is 2.40. The number of halogens is 1. The Balaban J connectivity index is 1.54. The summed E-state index contributed by atoms with van der Waals surface area (Å²) < 4.78 is 2.38. The zero-order chi connectivity index (χ0) is 21.5. The van der Waals surface area contributed by atoms with E-state index in [0.717, 1.165) is 15.8 Å². The molecule has 0 amide bonds. The van der Waals surface area contributed by atoms with Crippen molar-refractivity contribution in [2.75, 3.05) is 0 Å². The lowest BCUT2D eigenvalue weighted by molar-refractivity contribution is 1.07. The van der Waals surface area contributed by atoms with E-state index in [9.17, 15) is 0 Å². The number of hydrogen-bond donors (Lipinski definition) is 0. The fourth-order valence-electron chi connectivity index (χ4n) is 3.97. The van der Waals surface area contributed by atoms with Gasteiger partial charge in [-0.05, 0) is 40.9 Å². The topological polar surface area (TPSA) is 38.7 Å². The quantitative estimate of drug-likeness (QED) is 0.275. The van der Waals surface area contributed by atoms with Crippen molar-refractivity contribution < 1.29 is 0 Å². The maximum Gasteiger partial charge on any atom is 0.226 e. The average molecular weight is 450 g/mol. The number of hydrogen-bond acceptors (Lipinski definition) is 4. The molecule has 2 heterocycles. The van der Waals surface area contributed by atoms with E-state index in [1.54, 1.807) is 11.3 Å². The van der Waals surface area contributed by atoms with Gasteiger partial charge < -0.3 is 0 Å². The molecule has 5 heteroatoms. The summed E-state index contributed by atoms with van der Waals surface area (Å²) in [6, 6.07) is 33.2. The third kappa shape index (κ3) is 3.34. The van der Waals surface area contributed by atoms with Gasteiger partial charge in [0.05, 0.1) is 0 Å². The molecule has 0 aliphatic rings. The summed E-state index contributed by atoms with van der Waals surface area (Å²) in [5.74, 6) is 1.16. The van der Waals surface area contributed by atoms with Gasteiger partial charge in [0.2, 0.25) is 5.28 Å². The Bertz CT molecular complexity index is 1580. The third-order valence-electron chi connectivity index (χ3n) is 5.48. The summed E-state index contributed by atoms with van der Waals surface area (Å²) in [5, 5.41) is 2.62. The number of rotatable bonds is 3. The molecule has 152 valence electrons. The average Bonchev–Trinajstić information content (AvgIpc) is 3.23. The largest absolute Gasteiger partial charge is 0.226 e. The Kier molecular flexibility index (Phi) is 4.67. The van der Waals surface area contributed by atoms with E-state index in [4.69, 9.17) is 16.6 Å². The molecule has 6 aromatic rings. The van der Waals surface area contributed by atoms with Crippen molar-refractivity contribution >= 4 is 43.1 Å². The maximum atomic E-state index is 6.31. The second-order valence-corrected chi connectivity index (χ2v) is 8.87. The lowest BCUT2D eigenvalue weighted by Crippen LogP contribution is -1.97. The van der Waals surface area contributed by atoms with Crippen molar-refractivity contribution in [3.63, 3.8) is 0 Å². The van der Waals surface area contributed by atoms with Gasteiger partial charge in [-0.25, -0.2) is 4.98 Å². The van der Waals surface area contributed by atoms with Crippen LogP contribution in [0.1, 0.15) is 0 Å². The number of thiophene rings is 1. The Hall–Kier alpha value is -3.60. The van der Waals surface area contributed by atoms with Crippen LogP contribution in [-0.4, -0.2) is 15.0 Å². The second-order valence-electron chi connectivity index (χ2n) is 7.48. The highest BCUT2D eigenvalue weighted by atomic mass is 35.5. The minimum Gasteiger partial charge on any atom is -0.208 e. The van der Waals surface area contributed by atoms with Crippen LogP contribution in [0, 0.1) is 0 Å². The predicted octanol–water partition coefficient (Wildman–Crippen LogP) is 7.89. The van der Waals surface area contributed by atoms with Gasteiger partial charge >= 0.3 is 0 Å². The molecule has 0 N–H and O–H groups in total. The monoisotopic (exact) mass is 449 g/mol. The smallest absolute Gasteiger partial charge is 0.208 e. The normalized spacial score (nSPS) is 11.3. The van der Waals surface area contributed by atoms with Crippen LogP contribution in [0.5, 0.6) is 0 Å². The molecule has 4 aromatic carbocycles. The number of nitrogens with zero attached hydrogens (tertiary/aromatic N) is 3. The first kappa shape index (κ1) is 19.1. The van der Waals surface area contributed by atoms with Gasteiger partial charge in [0.15, 0.2) is 11.6 Å². The molecule has 6 rings (SSSR count).